The van der Waals surface area contributed by atoms with Crippen molar-refractivity contribution in [1.82, 2.24) is 4.90 Å². The number of esters is 1. The number of nitrogens with zero attached hydrogens (tertiary/aromatic N) is 1. The van der Waals surface area contributed by atoms with Gasteiger partial charge in [-0.3, -0.25) is 9.59 Å². The first-order valence-corrected chi connectivity index (χ1v) is 7.95. The monoisotopic (exact) mass is 293 g/mol. The summed E-state index contributed by atoms with van der Waals surface area (Å²) in [6.07, 6.45) is 6.42. The summed E-state index contributed by atoms with van der Waals surface area (Å²) in [6, 6.07) is 0. The quantitative estimate of drug-likeness (QED) is 0.550. The Morgan fingerprint density at radius 3 is 3.00 bits per heavy atom. The number of unbranched alkanes of at least 4 members (excludes halogenated alkanes) is 1. The fourth-order valence-corrected chi connectivity index (χ4v) is 3.68. The average Bonchev–Trinajstić information content (AvgIpc) is 3.11. The molecule has 3 aliphatic heterocycles. The van der Waals surface area contributed by atoms with Gasteiger partial charge in [0.2, 0.25) is 5.91 Å². The first-order valence-electron chi connectivity index (χ1n) is 7.95. The van der Waals surface area contributed by atoms with Crippen LogP contribution in [-0.2, 0) is 19.1 Å². The summed E-state index contributed by atoms with van der Waals surface area (Å²) in [5.41, 5.74) is -0.592. The summed E-state index contributed by atoms with van der Waals surface area (Å²) in [4.78, 5) is 26.8. The second kappa shape index (κ2) is 5.44. The van der Waals surface area contributed by atoms with E-state index < -0.39 is 17.4 Å². The Balaban J connectivity index is 1.78. The molecule has 0 aromatic rings. The zero-order valence-electron chi connectivity index (χ0n) is 12.7. The predicted octanol–water partition coefficient (Wildman–Crippen LogP) is 1.52. The molecule has 0 aromatic heterocycles. The molecule has 0 aliphatic carbocycles. The van der Waals surface area contributed by atoms with Gasteiger partial charge in [0, 0.05) is 6.54 Å². The van der Waals surface area contributed by atoms with Gasteiger partial charge in [-0.25, -0.2) is 0 Å². The minimum atomic E-state index is -0.592. The molecular weight excluding hydrogens is 270 g/mol. The van der Waals surface area contributed by atoms with E-state index >= 15 is 0 Å². The van der Waals surface area contributed by atoms with Crippen LogP contribution in [-0.4, -0.2) is 48.2 Å². The lowest BCUT2D eigenvalue weighted by Crippen LogP contribution is -2.40. The Morgan fingerprint density at radius 2 is 2.29 bits per heavy atom. The molecule has 3 aliphatic rings. The van der Waals surface area contributed by atoms with E-state index in [1.165, 1.54) is 0 Å². The van der Waals surface area contributed by atoms with Crippen LogP contribution in [0.3, 0.4) is 0 Å². The van der Waals surface area contributed by atoms with E-state index in [1.54, 1.807) is 0 Å². The molecule has 0 unspecified atom stereocenters. The molecule has 0 radical (unpaired) electrons. The molecule has 4 atom stereocenters. The van der Waals surface area contributed by atoms with Gasteiger partial charge in [0.25, 0.3) is 0 Å². The molecule has 2 bridgehead atoms. The smallest absolute Gasteiger partial charge is 0.312 e. The van der Waals surface area contributed by atoms with Crippen molar-refractivity contribution in [3.05, 3.63) is 12.2 Å². The third-order valence-corrected chi connectivity index (χ3v) is 4.68. The molecule has 116 valence electrons. The average molecular weight is 293 g/mol. The van der Waals surface area contributed by atoms with Crippen molar-refractivity contribution in [2.45, 2.75) is 44.8 Å². The number of carbonyl (C=O) groups is 2. The summed E-state index contributed by atoms with van der Waals surface area (Å²) >= 11 is 0. The maximum Gasteiger partial charge on any atom is 0.312 e. The number of amides is 1. The van der Waals surface area contributed by atoms with Crippen LogP contribution in [0.2, 0.25) is 0 Å². The van der Waals surface area contributed by atoms with Gasteiger partial charge in [-0.2, -0.15) is 0 Å². The van der Waals surface area contributed by atoms with Crippen LogP contribution in [0.1, 0.15) is 33.1 Å². The number of rotatable bonds is 6. The Kier molecular flexibility index (Phi) is 3.78. The first-order chi connectivity index (χ1) is 10.1. The van der Waals surface area contributed by atoms with Crippen molar-refractivity contribution in [2.24, 2.45) is 11.8 Å². The largest absolute Gasteiger partial charge is 0.465 e. The van der Waals surface area contributed by atoms with E-state index in [0.717, 1.165) is 25.8 Å². The van der Waals surface area contributed by atoms with Gasteiger partial charge < -0.3 is 14.4 Å². The van der Waals surface area contributed by atoms with E-state index in [1.807, 2.05) is 24.0 Å². The summed E-state index contributed by atoms with van der Waals surface area (Å²) in [5, 5.41) is 0. The van der Waals surface area contributed by atoms with Gasteiger partial charge in [0.05, 0.1) is 25.2 Å². The van der Waals surface area contributed by atoms with Crippen molar-refractivity contribution in [3.8, 4) is 0 Å². The number of hydrogen-bond acceptors (Lipinski definition) is 4. The van der Waals surface area contributed by atoms with Crippen LogP contribution in [0.25, 0.3) is 0 Å². The standard InChI is InChI=1S/C16H23NO4/c1-3-5-8-17-10-16-7-6-11(21-16)12(13(16)14(17)18)15(19)20-9-4-2/h6-7,11-13H,3-5,8-10H2,1-2H3/t11-,12-,13-,16+/m0/s1. The van der Waals surface area contributed by atoms with Crippen molar-refractivity contribution in [1.29, 1.82) is 0 Å². The van der Waals surface area contributed by atoms with Crippen molar-refractivity contribution in [2.75, 3.05) is 19.7 Å². The fraction of sp³-hybridized carbons (Fsp3) is 0.750. The van der Waals surface area contributed by atoms with E-state index in [9.17, 15) is 9.59 Å². The predicted molar refractivity (Wildman–Crippen MR) is 76.5 cm³/mol. The second-order valence-electron chi connectivity index (χ2n) is 6.18. The highest BCUT2D eigenvalue weighted by atomic mass is 16.6. The second-order valence-corrected chi connectivity index (χ2v) is 6.18. The molecule has 1 spiro atoms. The van der Waals surface area contributed by atoms with Crippen LogP contribution in [0.15, 0.2) is 12.2 Å². The third-order valence-electron chi connectivity index (χ3n) is 4.68. The van der Waals surface area contributed by atoms with E-state index in [4.69, 9.17) is 9.47 Å². The molecule has 5 nitrogen and oxygen atoms in total. The summed E-state index contributed by atoms with van der Waals surface area (Å²) in [6.45, 7) is 5.78. The lowest BCUT2D eigenvalue weighted by Gasteiger charge is -2.22. The fourth-order valence-electron chi connectivity index (χ4n) is 3.68. The van der Waals surface area contributed by atoms with E-state index in [2.05, 4.69) is 6.92 Å². The third kappa shape index (κ3) is 2.18. The van der Waals surface area contributed by atoms with E-state index in [-0.39, 0.29) is 18.0 Å². The molecule has 0 aromatic carbocycles. The lowest BCUT2D eigenvalue weighted by molar-refractivity contribution is -0.153. The van der Waals surface area contributed by atoms with Crippen molar-refractivity contribution in [3.63, 3.8) is 0 Å². The minimum absolute atomic E-state index is 0.0498. The molecule has 3 heterocycles. The zero-order valence-corrected chi connectivity index (χ0v) is 12.7. The minimum Gasteiger partial charge on any atom is -0.465 e. The van der Waals surface area contributed by atoms with Crippen LogP contribution in [0.5, 0.6) is 0 Å². The SMILES string of the molecule is CCCCN1C[C@@]23C=C[C@H](O2)[C@H](C(=O)OCCC)[C@H]3C1=O. The molecule has 2 fully saturated rings. The van der Waals surface area contributed by atoms with E-state index in [0.29, 0.717) is 13.2 Å². The Morgan fingerprint density at radius 1 is 1.48 bits per heavy atom. The molecule has 2 saturated heterocycles. The maximum atomic E-state index is 12.7. The van der Waals surface area contributed by atoms with Crippen molar-refractivity contribution >= 4 is 11.9 Å². The molecular formula is C16H23NO4. The first kappa shape index (κ1) is 14.6. The topological polar surface area (TPSA) is 55.8 Å². The Hall–Kier alpha value is -1.36. The number of ether oxygens (including phenoxy) is 2. The maximum absolute atomic E-state index is 12.7. The van der Waals surface area contributed by atoms with Crippen LogP contribution < -0.4 is 0 Å². The molecule has 0 N–H and O–H groups in total. The number of likely N-dealkylation sites (tertiary alicyclic amines) is 1. The van der Waals surface area contributed by atoms with Gasteiger partial charge in [0.15, 0.2) is 0 Å². The highest BCUT2D eigenvalue weighted by molar-refractivity contribution is 5.91. The number of fused-ring (bicyclic) bond motifs is 1. The molecule has 0 saturated carbocycles. The number of carbonyl (C=O) groups excluding carboxylic acids is 2. The Labute approximate surface area is 125 Å². The van der Waals surface area contributed by atoms with Gasteiger partial charge >= 0.3 is 5.97 Å². The van der Waals surface area contributed by atoms with Gasteiger partial charge in [-0.15, -0.1) is 0 Å². The molecule has 5 heteroatoms. The summed E-state index contributed by atoms with van der Waals surface area (Å²) in [5.74, 6) is -1.10. The molecule has 3 rings (SSSR count). The molecule has 21 heavy (non-hydrogen) atoms. The van der Waals surface area contributed by atoms with Gasteiger partial charge in [-0.05, 0) is 12.8 Å². The molecule has 1 amide bonds. The van der Waals surface area contributed by atoms with Crippen LogP contribution >= 0.6 is 0 Å². The normalized spacial score (nSPS) is 36.4. The number of hydrogen-bond donors (Lipinski definition) is 0. The Bertz CT molecular complexity index is 475. The van der Waals surface area contributed by atoms with Crippen LogP contribution in [0, 0.1) is 11.8 Å². The van der Waals surface area contributed by atoms with Gasteiger partial charge in [0.1, 0.15) is 11.5 Å². The highest BCUT2D eigenvalue weighted by Gasteiger charge is 2.67. The van der Waals surface area contributed by atoms with Crippen LogP contribution in [0.4, 0.5) is 0 Å². The summed E-state index contributed by atoms with van der Waals surface area (Å²) in [7, 11) is 0. The highest BCUT2D eigenvalue weighted by Crippen LogP contribution is 2.52. The van der Waals surface area contributed by atoms with Gasteiger partial charge in [-0.1, -0.05) is 32.4 Å². The zero-order chi connectivity index (χ0) is 15.0. The van der Waals surface area contributed by atoms with Crippen molar-refractivity contribution < 1.29 is 19.1 Å². The lowest BCUT2D eigenvalue weighted by atomic mass is 9.77. The summed E-state index contributed by atoms with van der Waals surface area (Å²) < 4.78 is 11.3.